The molecule has 1 unspecified atom stereocenters. The topological polar surface area (TPSA) is 46.9 Å². The molecule has 1 aromatic heterocycles. The van der Waals surface area contributed by atoms with Crippen LogP contribution in [0.15, 0.2) is 6.20 Å². The summed E-state index contributed by atoms with van der Waals surface area (Å²) in [5.41, 5.74) is -0.626. The predicted molar refractivity (Wildman–Crippen MR) is 65.8 cm³/mol. The molecule has 1 rings (SSSR count). The Labute approximate surface area is 105 Å². The van der Waals surface area contributed by atoms with E-state index in [0.29, 0.717) is 18.0 Å². The maximum Gasteiger partial charge on any atom is 0.274 e. The Morgan fingerprint density at radius 2 is 2.29 bits per heavy atom. The number of alkyl halides is 2. The Morgan fingerprint density at radius 1 is 1.65 bits per heavy atom. The largest absolute Gasteiger partial charge is 0.320 e. The zero-order valence-electron chi connectivity index (χ0n) is 10.2. The molecule has 1 aromatic rings. The molecule has 0 aliphatic rings. The number of nitrogens with one attached hydrogen (secondary N) is 1. The van der Waals surface area contributed by atoms with Gasteiger partial charge in [-0.15, -0.1) is 0 Å². The maximum atomic E-state index is 12.6. The molecule has 0 aliphatic heterocycles. The Hall–Kier alpha value is -1.10. The molecule has 4 nitrogen and oxygen atoms in total. The summed E-state index contributed by atoms with van der Waals surface area (Å²) in [4.78, 5) is 11.2. The first-order chi connectivity index (χ1) is 7.95. The molecule has 1 amide bonds. The highest BCUT2D eigenvalue weighted by molar-refractivity contribution is 6.31. The van der Waals surface area contributed by atoms with Crippen LogP contribution in [-0.4, -0.2) is 21.3 Å². The molecule has 17 heavy (non-hydrogen) atoms. The summed E-state index contributed by atoms with van der Waals surface area (Å²) < 4.78 is 14.4. The Balaban J connectivity index is 2.86. The number of amides is 1. The minimum absolute atomic E-state index is 0.450. The van der Waals surface area contributed by atoms with Crippen molar-refractivity contribution in [3.05, 3.63) is 11.9 Å². The molecule has 0 aliphatic carbocycles. The number of nitrogens with zero attached hydrogens (tertiary/aromatic N) is 2. The van der Waals surface area contributed by atoms with Gasteiger partial charge < -0.3 is 5.32 Å². The van der Waals surface area contributed by atoms with Gasteiger partial charge in [-0.2, -0.15) is 5.10 Å². The SMILES string of the molecule is CCc1c(NC(=O)C(F)Cl)cnn1CC(C)C. The molecule has 96 valence electrons. The fraction of sp³-hybridized carbons (Fsp3) is 0.636. The number of halogens is 2. The van der Waals surface area contributed by atoms with E-state index < -0.39 is 11.5 Å². The first kappa shape index (κ1) is 14.0. The van der Waals surface area contributed by atoms with Crippen LogP contribution in [0.2, 0.25) is 0 Å². The van der Waals surface area contributed by atoms with Crippen molar-refractivity contribution >= 4 is 23.2 Å². The van der Waals surface area contributed by atoms with E-state index in [9.17, 15) is 9.18 Å². The van der Waals surface area contributed by atoms with E-state index in [2.05, 4.69) is 24.3 Å². The molecule has 1 heterocycles. The molecule has 1 atom stereocenters. The number of hydrogen-bond donors (Lipinski definition) is 1. The zero-order valence-corrected chi connectivity index (χ0v) is 11.0. The van der Waals surface area contributed by atoms with Gasteiger partial charge in [-0.3, -0.25) is 9.48 Å². The van der Waals surface area contributed by atoms with Gasteiger partial charge in [-0.05, 0) is 12.3 Å². The summed E-state index contributed by atoms with van der Waals surface area (Å²) in [6, 6.07) is 0. The smallest absolute Gasteiger partial charge is 0.274 e. The highest BCUT2D eigenvalue weighted by atomic mass is 35.5. The Kier molecular flexibility index (Phi) is 4.93. The molecule has 0 fully saturated rings. The summed E-state index contributed by atoms with van der Waals surface area (Å²) in [5, 5.41) is 6.60. The van der Waals surface area contributed by atoms with Crippen LogP contribution in [0.5, 0.6) is 0 Å². The lowest BCUT2D eigenvalue weighted by atomic mass is 10.2. The number of hydrogen-bond acceptors (Lipinski definition) is 2. The second kappa shape index (κ2) is 6.00. The van der Waals surface area contributed by atoms with Crippen LogP contribution in [0, 0.1) is 5.92 Å². The van der Waals surface area contributed by atoms with Crippen molar-refractivity contribution in [2.45, 2.75) is 39.4 Å². The van der Waals surface area contributed by atoms with E-state index in [-0.39, 0.29) is 0 Å². The van der Waals surface area contributed by atoms with Crippen molar-refractivity contribution in [2.24, 2.45) is 5.92 Å². The number of carbonyl (C=O) groups excluding carboxylic acids is 1. The summed E-state index contributed by atoms with van der Waals surface area (Å²) >= 11 is 5.06. The van der Waals surface area contributed by atoms with Gasteiger partial charge in [0.15, 0.2) is 0 Å². The highest BCUT2D eigenvalue weighted by Crippen LogP contribution is 2.18. The van der Waals surface area contributed by atoms with Crippen LogP contribution in [0.3, 0.4) is 0 Å². The number of aromatic nitrogens is 2. The van der Waals surface area contributed by atoms with E-state index in [1.165, 1.54) is 6.20 Å². The molecular formula is C11H17ClFN3O. The van der Waals surface area contributed by atoms with Crippen molar-refractivity contribution in [1.29, 1.82) is 0 Å². The van der Waals surface area contributed by atoms with Gasteiger partial charge in [-0.25, -0.2) is 4.39 Å². The lowest BCUT2D eigenvalue weighted by molar-refractivity contribution is -0.118. The van der Waals surface area contributed by atoms with Crippen molar-refractivity contribution in [3.63, 3.8) is 0 Å². The molecule has 1 N–H and O–H groups in total. The molecule has 0 aromatic carbocycles. The Bertz CT molecular complexity index is 390. The first-order valence-corrected chi connectivity index (χ1v) is 6.03. The van der Waals surface area contributed by atoms with Crippen LogP contribution in [0.1, 0.15) is 26.5 Å². The fourth-order valence-electron chi connectivity index (χ4n) is 1.58. The summed E-state index contributed by atoms with van der Waals surface area (Å²) in [6.07, 6.45) is 2.24. The lowest BCUT2D eigenvalue weighted by Gasteiger charge is -2.10. The normalized spacial score (nSPS) is 12.8. The molecule has 0 saturated carbocycles. The quantitative estimate of drug-likeness (QED) is 0.828. The van der Waals surface area contributed by atoms with E-state index in [1.54, 1.807) is 0 Å². The number of carbonyl (C=O) groups is 1. The Morgan fingerprint density at radius 3 is 2.76 bits per heavy atom. The monoisotopic (exact) mass is 261 g/mol. The first-order valence-electron chi connectivity index (χ1n) is 5.59. The van der Waals surface area contributed by atoms with E-state index in [0.717, 1.165) is 12.2 Å². The molecular weight excluding hydrogens is 245 g/mol. The van der Waals surface area contributed by atoms with E-state index in [4.69, 9.17) is 11.6 Å². The van der Waals surface area contributed by atoms with Gasteiger partial charge in [0.25, 0.3) is 11.5 Å². The predicted octanol–water partition coefficient (Wildman–Crippen LogP) is 2.57. The van der Waals surface area contributed by atoms with Gasteiger partial charge in [0.05, 0.1) is 17.6 Å². The lowest BCUT2D eigenvalue weighted by Crippen LogP contribution is -2.20. The third-order valence-corrected chi connectivity index (χ3v) is 2.48. The van der Waals surface area contributed by atoms with Gasteiger partial charge in [0, 0.05) is 6.54 Å². The van der Waals surface area contributed by atoms with Crippen molar-refractivity contribution < 1.29 is 9.18 Å². The van der Waals surface area contributed by atoms with Gasteiger partial charge in [0.2, 0.25) is 0 Å². The second-order valence-electron chi connectivity index (χ2n) is 4.22. The number of rotatable bonds is 5. The highest BCUT2D eigenvalue weighted by Gasteiger charge is 2.17. The zero-order chi connectivity index (χ0) is 13.0. The van der Waals surface area contributed by atoms with Crippen molar-refractivity contribution in [3.8, 4) is 0 Å². The standard InChI is InChI=1S/C11H17ClFN3O/c1-4-9-8(15-11(17)10(12)13)5-14-16(9)6-7(2)3/h5,7,10H,4,6H2,1-3H3,(H,15,17). The van der Waals surface area contributed by atoms with Crippen LogP contribution in [-0.2, 0) is 17.8 Å². The summed E-state index contributed by atoms with van der Waals surface area (Å²) in [5.74, 6) is -0.406. The molecule has 0 radical (unpaired) electrons. The van der Waals surface area contributed by atoms with Crippen molar-refractivity contribution in [1.82, 2.24) is 9.78 Å². The third-order valence-electron chi connectivity index (χ3n) is 2.28. The average Bonchev–Trinajstić information content (AvgIpc) is 2.59. The van der Waals surface area contributed by atoms with Crippen molar-refractivity contribution in [2.75, 3.05) is 5.32 Å². The minimum Gasteiger partial charge on any atom is -0.320 e. The molecule has 0 saturated heterocycles. The third kappa shape index (κ3) is 3.70. The minimum atomic E-state index is -2.03. The summed E-state index contributed by atoms with van der Waals surface area (Å²) in [7, 11) is 0. The number of anilines is 1. The maximum absolute atomic E-state index is 12.6. The van der Waals surface area contributed by atoms with E-state index >= 15 is 0 Å². The van der Waals surface area contributed by atoms with Crippen LogP contribution < -0.4 is 5.32 Å². The van der Waals surface area contributed by atoms with Crippen LogP contribution in [0.25, 0.3) is 0 Å². The van der Waals surface area contributed by atoms with Crippen LogP contribution in [0.4, 0.5) is 10.1 Å². The van der Waals surface area contributed by atoms with Gasteiger partial charge in [0.1, 0.15) is 0 Å². The van der Waals surface area contributed by atoms with Gasteiger partial charge in [-0.1, -0.05) is 32.4 Å². The van der Waals surface area contributed by atoms with Crippen LogP contribution >= 0.6 is 11.6 Å². The van der Waals surface area contributed by atoms with Gasteiger partial charge >= 0.3 is 0 Å². The second-order valence-corrected chi connectivity index (χ2v) is 4.61. The van der Waals surface area contributed by atoms with E-state index in [1.807, 2.05) is 11.6 Å². The summed E-state index contributed by atoms with van der Waals surface area (Å²) in [6.45, 7) is 6.88. The molecule has 6 heteroatoms. The molecule has 0 spiro atoms. The molecule has 0 bridgehead atoms. The fourth-order valence-corrected chi connectivity index (χ4v) is 1.63. The average molecular weight is 262 g/mol.